The van der Waals surface area contributed by atoms with Gasteiger partial charge >= 0.3 is 7.05 Å². The molecule has 0 fully saturated rings. The SMILES string of the molecule is CB(O)NCCCCNc1c(N)cnc2ccccc12. The fraction of sp³-hybridized carbons (Fsp3) is 0.357. The summed E-state index contributed by atoms with van der Waals surface area (Å²) in [4.78, 5) is 4.32. The van der Waals surface area contributed by atoms with Crippen LogP contribution in [0.2, 0.25) is 6.82 Å². The van der Waals surface area contributed by atoms with Gasteiger partial charge in [0.1, 0.15) is 0 Å². The molecular weight excluding hydrogens is 251 g/mol. The largest absolute Gasteiger partial charge is 0.437 e. The molecule has 2 rings (SSSR count). The molecule has 0 aliphatic carbocycles. The molecule has 0 amide bonds. The Morgan fingerprint density at radius 3 is 2.80 bits per heavy atom. The Balaban J connectivity index is 1.91. The Bertz CT molecular complexity index is 562. The van der Waals surface area contributed by atoms with Crippen LogP contribution in [0.1, 0.15) is 12.8 Å². The summed E-state index contributed by atoms with van der Waals surface area (Å²) in [6.45, 7) is 3.38. The van der Waals surface area contributed by atoms with E-state index in [1.54, 1.807) is 13.0 Å². The second-order valence-electron chi connectivity index (χ2n) is 4.87. The van der Waals surface area contributed by atoms with Crippen molar-refractivity contribution in [3.8, 4) is 0 Å². The van der Waals surface area contributed by atoms with Crippen LogP contribution in [-0.4, -0.2) is 30.1 Å². The molecule has 1 heterocycles. The number of para-hydroxylation sites is 1. The molecule has 5 nitrogen and oxygen atoms in total. The smallest absolute Gasteiger partial charge is 0.373 e. The molecule has 2 aromatic rings. The van der Waals surface area contributed by atoms with Crippen molar-refractivity contribution in [1.29, 1.82) is 0 Å². The van der Waals surface area contributed by atoms with Crippen molar-refractivity contribution in [2.24, 2.45) is 0 Å². The molecule has 0 atom stereocenters. The normalized spacial score (nSPS) is 10.7. The van der Waals surface area contributed by atoms with E-state index >= 15 is 0 Å². The number of nitrogens with zero attached hydrogens (tertiary/aromatic N) is 1. The average molecular weight is 272 g/mol. The zero-order valence-corrected chi connectivity index (χ0v) is 11.8. The number of rotatable bonds is 7. The van der Waals surface area contributed by atoms with Crippen molar-refractivity contribution in [2.75, 3.05) is 24.1 Å². The first kappa shape index (κ1) is 14.6. The summed E-state index contributed by atoms with van der Waals surface area (Å²) >= 11 is 0. The fourth-order valence-corrected chi connectivity index (χ4v) is 2.13. The van der Waals surface area contributed by atoms with E-state index in [0.29, 0.717) is 5.69 Å². The van der Waals surface area contributed by atoms with Gasteiger partial charge in [0, 0.05) is 11.9 Å². The predicted octanol–water partition coefficient (Wildman–Crippen LogP) is 1.71. The third-order valence-electron chi connectivity index (χ3n) is 3.15. The number of nitrogen functional groups attached to an aromatic ring is 1. The highest BCUT2D eigenvalue weighted by atomic mass is 16.2. The quantitative estimate of drug-likeness (QED) is 0.455. The van der Waals surface area contributed by atoms with Crippen LogP contribution in [0.25, 0.3) is 10.9 Å². The molecule has 0 saturated heterocycles. The second-order valence-corrected chi connectivity index (χ2v) is 4.87. The lowest BCUT2D eigenvalue weighted by molar-refractivity contribution is 0.549. The number of unbranched alkanes of at least 4 members (excludes halogenated alkanes) is 1. The van der Waals surface area contributed by atoms with Crippen LogP contribution < -0.4 is 16.3 Å². The van der Waals surface area contributed by atoms with Gasteiger partial charge < -0.3 is 21.3 Å². The van der Waals surface area contributed by atoms with Crippen molar-refractivity contribution in [1.82, 2.24) is 10.2 Å². The first-order chi connectivity index (χ1) is 9.68. The molecule has 0 aliphatic heterocycles. The average Bonchev–Trinajstić information content (AvgIpc) is 2.44. The lowest BCUT2D eigenvalue weighted by atomic mass is 9.89. The van der Waals surface area contributed by atoms with Crippen LogP contribution >= 0.6 is 0 Å². The molecule has 106 valence electrons. The highest BCUT2D eigenvalue weighted by Gasteiger charge is 2.05. The minimum Gasteiger partial charge on any atom is -0.437 e. The van der Waals surface area contributed by atoms with E-state index in [4.69, 9.17) is 10.8 Å². The lowest BCUT2D eigenvalue weighted by Gasteiger charge is -2.12. The first-order valence-corrected chi connectivity index (χ1v) is 6.97. The first-order valence-electron chi connectivity index (χ1n) is 6.97. The summed E-state index contributed by atoms with van der Waals surface area (Å²) in [7, 11) is -0.442. The van der Waals surface area contributed by atoms with Gasteiger partial charge in [-0.1, -0.05) is 18.2 Å². The second kappa shape index (κ2) is 7.12. The summed E-state index contributed by atoms with van der Waals surface area (Å²) < 4.78 is 0. The van der Waals surface area contributed by atoms with Gasteiger partial charge in [-0.15, -0.1) is 0 Å². The number of pyridine rings is 1. The lowest BCUT2D eigenvalue weighted by Crippen LogP contribution is -2.31. The molecule has 0 radical (unpaired) electrons. The van der Waals surface area contributed by atoms with Crippen LogP contribution in [0.3, 0.4) is 0 Å². The highest BCUT2D eigenvalue weighted by Crippen LogP contribution is 2.27. The van der Waals surface area contributed by atoms with Crippen LogP contribution in [0.5, 0.6) is 0 Å². The van der Waals surface area contributed by atoms with Gasteiger partial charge in [-0.05, 0) is 32.3 Å². The fourth-order valence-electron chi connectivity index (χ4n) is 2.13. The van der Waals surface area contributed by atoms with Crippen molar-refractivity contribution in [3.05, 3.63) is 30.5 Å². The van der Waals surface area contributed by atoms with Crippen molar-refractivity contribution in [3.63, 3.8) is 0 Å². The monoisotopic (exact) mass is 272 g/mol. The molecule has 0 aliphatic rings. The van der Waals surface area contributed by atoms with Crippen LogP contribution in [0.15, 0.2) is 30.5 Å². The Hall–Kier alpha value is -1.79. The number of anilines is 2. The number of hydrogen-bond acceptors (Lipinski definition) is 5. The zero-order chi connectivity index (χ0) is 14.4. The number of aromatic nitrogens is 1. The van der Waals surface area contributed by atoms with Crippen molar-refractivity contribution in [2.45, 2.75) is 19.7 Å². The van der Waals surface area contributed by atoms with E-state index in [1.165, 1.54) is 0 Å². The number of nitrogens with one attached hydrogen (secondary N) is 2. The van der Waals surface area contributed by atoms with Crippen LogP contribution in [0.4, 0.5) is 11.4 Å². The predicted molar refractivity (Wildman–Crippen MR) is 85.7 cm³/mol. The van der Waals surface area contributed by atoms with Gasteiger partial charge in [0.15, 0.2) is 0 Å². The summed E-state index contributed by atoms with van der Waals surface area (Å²) in [6.07, 6.45) is 3.70. The Labute approximate surface area is 119 Å². The minimum absolute atomic E-state index is 0.442. The summed E-state index contributed by atoms with van der Waals surface area (Å²) in [6, 6.07) is 7.96. The van der Waals surface area contributed by atoms with Gasteiger partial charge in [0.05, 0.1) is 23.1 Å². The van der Waals surface area contributed by atoms with Gasteiger partial charge in [-0.2, -0.15) is 0 Å². The highest BCUT2D eigenvalue weighted by molar-refractivity contribution is 6.45. The minimum atomic E-state index is -0.442. The van der Waals surface area contributed by atoms with Gasteiger partial charge in [-0.25, -0.2) is 0 Å². The molecule has 0 unspecified atom stereocenters. The Kier molecular flexibility index (Phi) is 5.20. The summed E-state index contributed by atoms with van der Waals surface area (Å²) in [5, 5.41) is 16.5. The molecule has 0 spiro atoms. The van der Waals surface area contributed by atoms with Gasteiger partial charge in [0.2, 0.25) is 0 Å². The topological polar surface area (TPSA) is 83.2 Å². The molecule has 0 saturated carbocycles. The van der Waals surface area contributed by atoms with Gasteiger partial charge in [0.25, 0.3) is 0 Å². The molecule has 1 aromatic carbocycles. The molecule has 1 aromatic heterocycles. The van der Waals surface area contributed by atoms with E-state index in [-0.39, 0.29) is 0 Å². The van der Waals surface area contributed by atoms with Crippen molar-refractivity contribution < 1.29 is 5.02 Å². The molecule has 20 heavy (non-hydrogen) atoms. The van der Waals surface area contributed by atoms with Gasteiger partial charge in [-0.3, -0.25) is 4.98 Å². The number of benzene rings is 1. The third-order valence-corrected chi connectivity index (χ3v) is 3.15. The standard InChI is InChI=1S/C14H21BN4O/c1-15(20)19-9-5-4-8-17-14-11-6-2-3-7-13(11)18-10-12(14)16/h2-3,6-7,10,19-20H,4-5,8-9,16H2,1H3,(H,17,18). The van der Waals surface area contributed by atoms with E-state index < -0.39 is 7.05 Å². The number of fused-ring (bicyclic) bond motifs is 1. The van der Waals surface area contributed by atoms with E-state index in [2.05, 4.69) is 15.5 Å². The zero-order valence-electron chi connectivity index (χ0n) is 11.8. The molecular formula is C14H21BN4O. The van der Waals surface area contributed by atoms with Crippen LogP contribution in [-0.2, 0) is 0 Å². The van der Waals surface area contributed by atoms with Crippen molar-refractivity contribution >= 4 is 29.3 Å². The van der Waals surface area contributed by atoms with E-state index in [1.807, 2.05) is 24.3 Å². The number of nitrogens with two attached hydrogens (primary N) is 1. The molecule has 6 heteroatoms. The summed E-state index contributed by atoms with van der Waals surface area (Å²) in [5.41, 5.74) is 8.57. The third kappa shape index (κ3) is 3.85. The molecule has 5 N–H and O–H groups in total. The maximum absolute atomic E-state index is 9.09. The maximum Gasteiger partial charge on any atom is 0.373 e. The summed E-state index contributed by atoms with van der Waals surface area (Å²) in [5.74, 6) is 0. The maximum atomic E-state index is 9.09. The van der Waals surface area contributed by atoms with Crippen LogP contribution in [0, 0.1) is 0 Å². The number of hydrogen-bond donors (Lipinski definition) is 4. The Morgan fingerprint density at radius 1 is 1.25 bits per heavy atom. The Morgan fingerprint density at radius 2 is 2.00 bits per heavy atom. The van der Waals surface area contributed by atoms with E-state index in [9.17, 15) is 0 Å². The molecule has 0 bridgehead atoms. The van der Waals surface area contributed by atoms with E-state index in [0.717, 1.165) is 42.5 Å².